The molecule has 1 fully saturated rings. The first-order chi connectivity index (χ1) is 9.26. The number of ether oxygens (including phenoxy) is 1. The van der Waals surface area contributed by atoms with Gasteiger partial charge in [0, 0.05) is 13.1 Å². The quantitative estimate of drug-likeness (QED) is 0.613. The Morgan fingerprint density at radius 3 is 2.70 bits per heavy atom. The van der Waals surface area contributed by atoms with Crippen molar-refractivity contribution in [2.45, 2.75) is 58.2 Å². The summed E-state index contributed by atoms with van der Waals surface area (Å²) in [7, 11) is 0. The largest absolute Gasteiger partial charge is 0.458 e. The zero-order valence-electron chi connectivity index (χ0n) is 12.9. The van der Waals surface area contributed by atoms with Crippen molar-refractivity contribution in [2.24, 2.45) is 0 Å². The van der Waals surface area contributed by atoms with Crippen LogP contribution < -0.4 is 5.32 Å². The SMILES string of the molecule is C=CCN[C@@H](C)C(=O)N1CCC[C@H]1C(=O)OC(C)(C)C. The standard InChI is InChI=1S/C15H26N2O3/c1-6-9-16-11(2)13(18)17-10-7-8-12(17)14(19)20-15(3,4)5/h6,11-12,16H,1,7-10H2,2-5H3/t11-,12-/m0/s1. The lowest BCUT2D eigenvalue weighted by Crippen LogP contribution is -2.50. The summed E-state index contributed by atoms with van der Waals surface area (Å²) in [5.41, 5.74) is -0.527. The van der Waals surface area contributed by atoms with Gasteiger partial charge in [0.15, 0.2) is 0 Å². The normalized spacial score (nSPS) is 20.6. The van der Waals surface area contributed by atoms with E-state index in [0.29, 0.717) is 19.5 Å². The molecular weight excluding hydrogens is 256 g/mol. The van der Waals surface area contributed by atoms with Crippen molar-refractivity contribution >= 4 is 11.9 Å². The number of carbonyl (C=O) groups is 2. The number of nitrogens with one attached hydrogen (secondary N) is 1. The van der Waals surface area contributed by atoms with Crippen molar-refractivity contribution in [3.63, 3.8) is 0 Å². The highest BCUT2D eigenvalue weighted by Crippen LogP contribution is 2.21. The van der Waals surface area contributed by atoms with Gasteiger partial charge in [-0.2, -0.15) is 0 Å². The minimum Gasteiger partial charge on any atom is -0.458 e. The first-order valence-electron chi connectivity index (χ1n) is 7.14. The molecule has 1 rings (SSSR count). The van der Waals surface area contributed by atoms with Crippen LogP contribution in [0.1, 0.15) is 40.5 Å². The molecule has 1 saturated heterocycles. The molecular formula is C15H26N2O3. The smallest absolute Gasteiger partial charge is 0.329 e. The maximum Gasteiger partial charge on any atom is 0.329 e. The summed E-state index contributed by atoms with van der Waals surface area (Å²) in [5.74, 6) is -0.362. The lowest BCUT2D eigenvalue weighted by molar-refractivity contribution is -0.163. The van der Waals surface area contributed by atoms with Crippen LogP contribution in [0.15, 0.2) is 12.7 Å². The summed E-state index contributed by atoms with van der Waals surface area (Å²) in [4.78, 5) is 26.1. The summed E-state index contributed by atoms with van der Waals surface area (Å²) in [6, 6.07) is -0.772. The Labute approximate surface area is 121 Å². The van der Waals surface area contributed by atoms with E-state index in [0.717, 1.165) is 6.42 Å². The van der Waals surface area contributed by atoms with Gasteiger partial charge in [-0.15, -0.1) is 6.58 Å². The predicted molar refractivity (Wildman–Crippen MR) is 78.2 cm³/mol. The average molecular weight is 282 g/mol. The molecule has 2 atom stereocenters. The topological polar surface area (TPSA) is 58.6 Å². The number of rotatable bonds is 5. The van der Waals surface area contributed by atoms with Gasteiger partial charge in [-0.05, 0) is 40.5 Å². The van der Waals surface area contributed by atoms with Crippen LogP contribution in [0.5, 0.6) is 0 Å². The second-order valence-corrected chi connectivity index (χ2v) is 6.14. The van der Waals surface area contributed by atoms with Gasteiger partial charge in [-0.3, -0.25) is 4.79 Å². The first-order valence-corrected chi connectivity index (χ1v) is 7.14. The number of hydrogen-bond donors (Lipinski definition) is 1. The Hall–Kier alpha value is -1.36. The molecule has 0 unspecified atom stereocenters. The van der Waals surface area contributed by atoms with Gasteiger partial charge in [0.2, 0.25) is 5.91 Å². The molecule has 0 spiro atoms. The number of carbonyl (C=O) groups excluding carboxylic acids is 2. The number of likely N-dealkylation sites (tertiary alicyclic amines) is 1. The molecule has 0 aromatic heterocycles. The van der Waals surface area contributed by atoms with E-state index in [1.54, 1.807) is 17.9 Å². The second-order valence-electron chi connectivity index (χ2n) is 6.14. The molecule has 1 aliphatic rings. The molecule has 1 N–H and O–H groups in total. The van der Waals surface area contributed by atoms with Crippen molar-refractivity contribution < 1.29 is 14.3 Å². The monoisotopic (exact) mass is 282 g/mol. The maximum atomic E-state index is 12.4. The zero-order valence-corrected chi connectivity index (χ0v) is 12.9. The molecule has 1 amide bonds. The molecule has 0 saturated carbocycles. The fourth-order valence-electron chi connectivity index (χ4n) is 2.24. The van der Waals surface area contributed by atoms with E-state index in [2.05, 4.69) is 11.9 Å². The van der Waals surface area contributed by atoms with E-state index >= 15 is 0 Å². The van der Waals surface area contributed by atoms with Crippen LogP contribution in [-0.4, -0.2) is 47.6 Å². The van der Waals surface area contributed by atoms with Crippen molar-refractivity contribution in [3.05, 3.63) is 12.7 Å². The molecule has 5 nitrogen and oxygen atoms in total. The van der Waals surface area contributed by atoms with Gasteiger partial charge in [0.1, 0.15) is 11.6 Å². The molecule has 114 valence electrons. The molecule has 0 aliphatic carbocycles. The summed E-state index contributed by atoms with van der Waals surface area (Å²) in [6.07, 6.45) is 3.22. The van der Waals surface area contributed by atoms with Crippen molar-refractivity contribution in [1.82, 2.24) is 10.2 Å². The van der Waals surface area contributed by atoms with Crippen molar-refractivity contribution in [3.8, 4) is 0 Å². The van der Waals surface area contributed by atoms with E-state index in [9.17, 15) is 9.59 Å². The van der Waals surface area contributed by atoms with Crippen LogP contribution in [0.2, 0.25) is 0 Å². The fourth-order valence-corrected chi connectivity index (χ4v) is 2.24. The summed E-state index contributed by atoms with van der Waals surface area (Å²) in [5, 5.41) is 3.06. The van der Waals surface area contributed by atoms with Crippen LogP contribution in [-0.2, 0) is 14.3 Å². The number of amides is 1. The third-order valence-electron chi connectivity index (χ3n) is 3.15. The lowest BCUT2D eigenvalue weighted by atomic mass is 10.1. The maximum absolute atomic E-state index is 12.4. The fraction of sp³-hybridized carbons (Fsp3) is 0.733. The summed E-state index contributed by atoms with van der Waals surface area (Å²) < 4.78 is 5.39. The van der Waals surface area contributed by atoms with Gasteiger partial charge in [0.05, 0.1) is 6.04 Å². The minimum absolute atomic E-state index is 0.0554. The van der Waals surface area contributed by atoms with Gasteiger partial charge in [0.25, 0.3) is 0 Å². The molecule has 0 radical (unpaired) electrons. The molecule has 0 aromatic carbocycles. The van der Waals surface area contributed by atoms with Gasteiger partial charge >= 0.3 is 5.97 Å². The Kier molecular flexibility index (Phi) is 5.74. The summed E-state index contributed by atoms with van der Waals surface area (Å²) in [6.45, 7) is 12.1. The first kappa shape index (κ1) is 16.7. The number of esters is 1. The molecule has 1 aliphatic heterocycles. The molecule has 5 heteroatoms. The van der Waals surface area contributed by atoms with E-state index < -0.39 is 11.6 Å². The van der Waals surface area contributed by atoms with Crippen LogP contribution in [0.3, 0.4) is 0 Å². The van der Waals surface area contributed by atoms with Crippen LogP contribution in [0.25, 0.3) is 0 Å². The number of nitrogens with zero attached hydrogens (tertiary/aromatic N) is 1. The Morgan fingerprint density at radius 2 is 2.15 bits per heavy atom. The van der Waals surface area contributed by atoms with Crippen LogP contribution in [0.4, 0.5) is 0 Å². The van der Waals surface area contributed by atoms with E-state index in [1.165, 1.54) is 0 Å². The van der Waals surface area contributed by atoms with Gasteiger partial charge in [-0.25, -0.2) is 4.79 Å². The number of hydrogen-bond acceptors (Lipinski definition) is 4. The molecule has 0 bridgehead atoms. The van der Waals surface area contributed by atoms with E-state index in [1.807, 2.05) is 20.8 Å². The second kappa shape index (κ2) is 6.88. The average Bonchev–Trinajstić information content (AvgIpc) is 2.82. The predicted octanol–water partition coefficient (Wildman–Crippen LogP) is 1.48. The lowest BCUT2D eigenvalue weighted by Gasteiger charge is -2.29. The highest BCUT2D eigenvalue weighted by molar-refractivity contribution is 5.88. The van der Waals surface area contributed by atoms with E-state index in [4.69, 9.17) is 4.74 Å². The highest BCUT2D eigenvalue weighted by atomic mass is 16.6. The zero-order chi connectivity index (χ0) is 15.3. The Bertz CT molecular complexity index is 374. The van der Waals surface area contributed by atoms with Gasteiger partial charge < -0.3 is 15.0 Å². The molecule has 20 heavy (non-hydrogen) atoms. The Morgan fingerprint density at radius 1 is 1.50 bits per heavy atom. The van der Waals surface area contributed by atoms with Crippen LogP contribution in [0, 0.1) is 0 Å². The minimum atomic E-state index is -0.527. The third-order valence-corrected chi connectivity index (χ3v) is 3.15. The Balaban J connectivity index is 2.66. The molecule has 1 heterocycles. The van der Waals surface area contributed by atoms with Gasteiger partial charge in [-0.1, -0.05) is 6.08 Å². The third kappa shape index (κ3) is 4.63. The van der Waals surface area contributed by atoms with Crippen LogP contribution >= 0.6 is 0 Å². The van der Waals surface area contributed by atoms with E-state index in [-0.39, 0.29) is 17.9 Å². The summed E-state index contributed by atoms with van der Waals surface area (Å²) >= 11 is 0. The molecule has 0 aromatic rings. The van der Waals surface area contributed by atoms with Crippen molar-refractivity contribution in [1.29, 1.82) is 0 Å². The van der Waals surface area contributed by atoms with Crippen molar-refractivity contribution in [2.75, 3.05) is 13.1 Å². The highest BCUT2D eigenvalue weighted by Gasteiger charge is 2.38.